The summed E-state index contributed by atoms with van der Waals surface area (Å²) < 4.78 is 1.97. The molecular formula is C13H13N5. The van der Waals surface area contributed by atoms with Gasteiger partial charge in [0.25, 0.3) is 0 Å². The van der Waals surface area contributed by atoms with Gasteiger partial charge < -0.3 is 10.3 Å². The van der Waals surface area contributed by atoms with Gasteiger partial charge in [-0.3, -0.25) is 0 Å². The summed E-state index contributed by atoms with van der Waals surface area (Å²) in [5.74, 6) is 0.726. The fraction of sp³-hybridized carbons (Fsp3) is 0.308. The highest BCUT2D eigenvalue weighted by molar-refractivity contribution is 5.75. The van der Waals surface area contributed by atoms with Crippen LogP contribution in [0.4, 0.5) is 0 Å². The molecule has 5 nitrogen and oxygen atoms in total. The quantitative estimate of drug-likeness (QED) is 0.871. The number of hydrogen-bond donors (Lipinski definition) is 1. The summed E-state index contributed by atoms with van der Waals surface area (Å²) in [6, 6.07) is 11.3. The lowest BCUT2D eigenvalue weighted by molar-refractivity contribution is 0.600. The van der Waals surface area contributed by atoms with Gasteiger partial charge in [0, 0.05) is 6.54 Å². The van der Waals surface area contributed by atoms with E-state index in [9.17, 15) is 0 Å². The van der Waals surface area contributed by atoms with Crippen LogP contribution in [0, 0.1) is 22.7 Å². The van der Waals surface area contributed by atoms with Crippen molar-refractivity contribution in [2.75, 3.05) is 0 Å². The number of nitrogens with two attached hydrogens (primary N) is 1. The van der Waals surface area contributed by atoms with E-state index in [0.717, 1.165) is 16.9 Å². The Labute approximate surface area is 105 Å². The molecule has 1 heterocycles. The fourth-order valence-corrected chi connectivity index (χ4v) is 1.91. The van der Waals surface area contributed by atoms with E-state index in [1.807, 2.05) is 34.9 Å². The predicted octanol–water partition coefficient (Wildman–Crippen LogP) is 1.34. The maximum atomic E-state index is 8.81. The molecule has 1 aromatic carbocycles. The third kappa shape index (κ3) is 2.32. The minimum absolute atomic E-state index is 0.260. The molecule has 0 radical (unpaired) electrons. The van der Waals surface area contributed by atoms with E-state index >= 15 is 0 Å². The van der Waals surface area contributed by atoms with E-state index < -0.39 is 6.04 Å². The number of para-hydroxylation sites is 2. The summed E-state index contributed by atoms with van der Waals surface area (Å²) in [5, 5.41) is 17.5. The van der Waals surface area contributed by atoms with Crippen LogP contribution >= 0.6 is 0 Å². The Morgan fingerprint density at radius 1 is 1.33 bits per heavy atom. The largest absolute Gasteiger partial charge is 0.327 e. The van der Waals surface area contributed by atoms with Gasteiger partial charge in [0.1, 0.15) is 5.82 Å². The molecule has 2 N–H and O–H groups in total. The minimum atomic E-state index is -0.485. The van der Waals surface area contributed by atoms with Crippen LogP contribution in [0.2, 0.25) is 0 Å². The second-order valence-corrected chi connectivity index (χ2v) is 4.03. The lowest BCUT2D eigenvalue weighted by Crippen LogP contribution is -2.20. The molecule has 0 amide bonds. The molecule has 5 heteroatoms. The van der Waals surface area contributed by atoms with Gasteiger partial charge >= 0.3 is 0 Å². The molecule has 0 spiro atoms. The Balaban J connectivity index is 2.37. The highest BCUT2D eigenvalue weighted by Crippen LogP contribution is 2.17. The summed E-state index contributed by atoms with van der Waals surface area (Å²) in [6.07, 6.45) is 0.811. The molecule has 1 aromatic heterocycles. The van der Waals surface area contributed by atoms with Crippen LogP contribution in [0.1, 0.15) is 12.2 Å². The molecule has 0 aliphatic carbocycles. The smallest absolute Gasteiger partial charge is 0.124 e. The van der Waals surface area contributed by atoms with Crippen LogP contribution in [0.25, 0.3) is 11.0 Å². The maximum Gasteiger partial charge on any atom is 0.124 e. The summed E-state index contributed by atoms with van der Waals surface area (Å²) in [4.78, 5) is 4.42. The Hall–Kier alpha value is -2.37. The van der Waals surface area contributed by atoms with Gasteiger partial charge in [0.05, 0.1) is 35.6 Å². The third-order valence-electron chi connectivity index (χ3n) is 2.80. The summed E-state index contributed by atoms with van der Waals surface area (Å²) in [7, 11) is 0. The van der Waals surface area contributed by atoms with E-state index in [0.29, 0.717) is 13.0 Å². The lowest BCUT2D eigenvalue weighted by Gasteiger charge is -2.08. The van der Waals surface area contributed by atoms with Crippen molar-refractivity contribution in [1.82, 2.24) is 9.55 Å². The predicted molar refractivity (Wildman–Crippen MR) is 67.3 cm³/mol. The van der Waals surface area contributed by atoms with E-state index in [1.54, 1.807) is 0 Å². The van der Waals surface area contributed by atoms with Crippen molar-refractivity contribution in [2.24, 2.45) is 5.73 Å². The molecule has 0 saturated heterocycles. The highest BCUT2D eigenvalue weighted by Gasteiger charge is 2.11. The Morgan fingerprint density at radius 2 is 2.11 bits per heavy atom. The van der Waals surface area contributed by atoms with Crippen molar-refractivity contribution in [1.29, 1.82) is 10.5 Å². The zero-order valence-corrected chi connectivity index (χ0v) is 9.87. The van der Waals surface area contributed by atoms with E-state index in [2.05, 4.69) is 11.1 Å². The van der Waals surface area contributed by atoms with Crippen molar-refractivity contribution in [3.05, 3.63) is 30.1 Å². The zero-order valence-electron chi connectivity index (χ0n) is 9.87. The lowest BCUT2D eigenvalue weighted by atomic mass is 10.2. The number of hydrogen-bond acceptors (Lipinski definition) is 4. The number of aromatic nitrogens is 2. The second kappa shape index (κ2) is 5.31. The summed E-state index contributed by atoms with van der Waals surface area (Å²) in [5.41, 5.74) is 7.45. The number of imidazole rings is 1. The molecule has 2 rings (SSSR count). The molecule has 18 heavy (non-hydrogen) atoms. The number of fused-ring (bicyclic) bond motifs is 1. The number of nitrogens with zero attached hydrogens (tertiary/aromatic N) is 4. The molecule has 0 saturated carbocycles. The first-order chi connectivity index (χ1) is 8.76. The minimum Gasteiger partial charge on any atom is -0.327 e. The van der Waals surface area contributed by atoms with Crippen LogP contribution in [0.15, 0.2) is 24.3 Å². The molecule has 0 aliphatic rings. The number of aryl methyl sites for hydroxylation is 1. The van der Waals surface area contributed by atoms with E-state index in [1.165, 1.54) is 0 Å². The highest BCUT2D eigenvalue weighted by atomic mass is 15.1. The van der Waals surface area contributed by atoms with Gasteiger partial charge in [-0.1, -0.05) is 12.1 Å². The fourth-order valence-electron chi connectivity index (χ4n) is 1.91. The SMILES string of the molecule is N#CCc1nc2ccccc2n1CCC(N)C#N. The average molecular weight is 239 g/mol. The first-order valence-electron chi connectivity index (χ1n) is 5.72. The van der Waals surface area contributed by atoms with E-state index in [4.69, 9.17) is 16.3 Å². The number of nitriles is 2. The van der Waals surface area contributed by atoms with Gasteiger partial charge in [-0.25, -0.2) is 4.98 Å². The average Bonchev–Trinajstić information content (AvgIpc) is 2.74. The summed E-state index contributed by atoms with van der Waals surface area (Å²) in [6.45, 7) is 0.603. The van der Waals surface area contributed by atoms with Gasteiger partial charge in [0.15, 0.2) is 0 Å². The molecule has 90 valence electrons. The normalized spacial score (nSPS) is 11.9. The Morgan fingerprint density at radius 3 is 2.83 bits per heavy atom. The van der Waals surface area contributed by atoms with Crippen molar-refractivity contribution < 1.29 is 0 Å². The monoisotopic (exact) mass is 239 g/mol. The standard InChI is InChI=1S/C13H13N5/c14-7-5-13-17-11-3-1-2-4-12(11)18(13)8-6-10(16)9-15/h1-4,10H,5-6,8,16H2. The maximum absolute atomic E-state index is 8.81. The Bertz CT molecular complexity index is 629. The van der Waals surface area contributed by atoms with Crippen molar-refractivity contribution >= 4 is 11.0 Å². The molecule has 0 aliphatic heterocycles. The van der Waals surface area contributed by atoms with Gasteiger partial charge in [0.2, 0.25) is 0 Å². The van der Waals surface area contributed by atoms with Gasteiger partial charge in [-0.15, -0.1) is 0 Å². The van der Waals surface area contributed by atoms with Crippen molar-refractivity contribution in [3.8, 4) is 12.1 Å². The molecule has 0 fully saturated rings. The summed E-state index contributed by atoms with van der Waals surface area (Å²) >= 11 is 0. The molecular weight excluding hydrogens is 226 g/mol. The molecule has 1 atom stereocenters. The first kappa shape index (κ1) is 12.1. The molecule has 1 unspecified atom stereocenters. The number of rotatable bonds is 4. The Kier molecular flexibility index (Phi) is 3.57. The zero-order chi connectivity index (χ0) is 13.0. The molecule has 2 aromatic rings. The van der Waals surface area contributed by atoms with Gasteiger partial charge in [-0.05, 0) is 18.6 Å². The van der Waals surface area contributed by atoms with Gasteiger partial charge in [-0.2, -0.15) is 10.5 Å². The topological polar surface area (TPSA) is 91.4 Å². The first-order valence-corrected chi connectivity index (χ1v) is 5.72. The van der Waals surface area contributed by atoms with Crippen LogP contribution in [0.3, 0.4) is 0 Å². The van der Waals surface area contributed by atoms with Crippen LogP contribution in [0.5, 0.6) is 0 Å². The third-order valence-corrected chi connectivity index (χ3v) is 2.80. The van der Waals surface area contributed by atoms with E-state index in [-0.39, 0.29) is 6.42 Å². The van der Waals surface area contributed by atoms with Crippen LogP contribution in [-0.2, 0) is 13.0 Å². The number of benzene rings is 1. The van der Waals surface area contributed by atoms with Crippen LogP contribution in [-0.4, -0.2) is 15.6 Å². The van der Waals surface area contributed by atoms with Crippen molar-refractivity contribution in [3.63, 3.8) is 0 Å². The van der Waals surface area contributed by atoms with Crippen LogP contribution < -0.4 is 5.73 Å². The van der Waals surface area contributed by atoms with Crippen molar-refractivity contribution in [2.45, 2.75) is 25.4 Å². The molecule has 0 bridgehead atoms. The second-order valence-electron chi connectivity index (χ2n) is 4.03.